The second-order valence-corrected chi connectivity index (χ2v) is 6.24. The van der Waals surface area contributed by atoms with Crippen LogP contribution < -0.4 is 5.32 Å². The summed E-state index contributed by atoms with van der Waals surface area (Å²) in [5.41, 5.74) is 1.26. The molecule has 2 rings (SSSR count). The number of aryl methyl sites for hydroxylation is 1. The van der Waals surface area contributed by atoms with Crippen LogP contribution in [-0.4, -0.2) is 32.7 Å². The highest BCUT2D eigenvalue weighted by atomic mass is 16.4. The predicted octanol–water partition coefficient (Wildman–Crippen LogP) is 2.49. The Labute approximate surface area is 128 Å². The van der Waals surface area contributed by atoms with E-state index in [1.807, 2.05) is 26.8 Å². The van der Waals surface area contributed by atoms with E-state index in [2.05, 4.69) is 15.5 Å². The first-order valence-corrected chi connectivity index (χ1v) is 7.21. The van der Waals surface area contributed by atoms with E-state index in [9.17, 15) is 9.59 Å². The molecule has 118 valence electrons. The average molecular weight is 303 g/mol. The first kappa shape index (κ1) is 16.0. The van der Waals surface area contributed by atoms with Gasteiger partial charge in [0.1, 0.15) is 0 Å². The molecule has 0 saturated carbocycles. The first-order valence-electron chi connectivity index (χ1n) is 7.21. The molecule has 2 aromatic rings. The van der Waals surface area contributed by atoms with Crippen molar-refractivity contribution in [2.45, 2.75) is 39.7 Å². The molecule has 1 heterocycles. The van der Waals surface area contributed by atoms with Crippen molar-refractivity contribution in [1.29, 1.82) is 0 Å². The molecule has 1 aromatic heterocycles. The number of hydrogen-bond donors (Lipinski definition) is 3. The van der Waals surface area contributed by atoms with E-state index >= 15 is 0 Å². The summed E-state index contributed by atoms with van der Waals surface area (Å²) in [6, 6.07) is 3.71. The molecule has 0 bridgehead atoms. The highest BCUT2D eigenvalue weighted by Gasteiger charge is 2.33. The van der Waals surface area contributed by atoms with Gasteiger partial charge in [-0.05, 0) is 37.5 Å². The number of rotatable bonds is 5. The Morgan fingerprint density at radius 3 is 2.68 bits per heavy atom. The minimum Gasteiger partial charge on any atom is -0.481 e. The minimum absolute atomic E-state index is 0.0189. The lowest BCUT2D eigenvalue weighted by Crippen LogP contribution is -2.51. The summed E-state index contributed by atoms with van der Waals surface area (Å²) in [5.74, 6) is -1.25. The number of amides is 1. The van der Waals surface area contributed by atoms with E-state index < -0.39 is 11.5 Å². The lowest BCUT2D eigenvalue weighted by atomic mass is 9.85. The van der Waals surface area contributed by atoms with Crippen molar-refractivity contribution in [1.82, 2.24) is 15.5 Å². The Bertz CT molecular complexity index is 720. The summed E-state index contributed by atoms with van der Waals surface area (Å²) in [4.78, 5) is 23.8. The average Bonchev–Trinajstić information content (AvgIpc) is 2.84. The molecule has 0 radical (unpaired) electrons. The van der Waals surface area contributed by atoms with Gasteiger partial charge in [0.25, 0.3) is 5.91 Å². The summed E-state index contributed by atoms with van der Waals surface area (Å²) in [6.45, 7) is 7.45. The largest absolute Gasteiger partial charge is 0.481 e. The maximum absolute atomic E-state index is 12.7. The number of carbonyl (C=O) groups is 2. The predicted molar refractivity (Wildman–Crippen MR) is 83.8 cm³/mol. The number of carboxylic acids is 1. The molecule has 1 aromatic carbocycles. The number of aliphatic carboxylic acids is 1. The number of benzene rings is 1. The van der Waals surface area contributed by atoms with Crippen LogP contribution >= 0.6 is 0 Å². The lowest BCUT2D eigenvalue weighted by Gasteiger charge is -2.33. The SMILES string of the molecule is Cc1cc(C(=O)NC(C)(CC(=O)O)C(C)C)c2[nH]ncc2c1. The zero-order valence-corrected chi connectivity index (χ0v) is 13.2. The molecular weight excluding hydrogens is 282 g/mol. The summed E-state index contributed by atoms with van der Waals surface area (Å²) in [6.07, 6.45) is 1.53. The number of H-pyrrole nitrogens is 1. The second-order valence-electron chi connectivity index (χ2n) is 6.24. The van der Waals surface area contributed by atoms with E-state index in [4.69, 9.17) is 5.11 Å². The summed E-state index contributed by atoms with van der Waals surface area (Å²) in [7, 11) is 0. The van der Waals surface area contributed by atoms with Crippen LogP contribution in [-0.2, 0) is 4.79 Å². The molecular formula is C16H21N3O3. The number of nitrogens with one attached hydrogen (secondary N) is 2. The highest BCUT2D eigenvalue weighted by molar-refractivity contribution is 6.06. The van der Waals surface area contributed by atoms with Gasteiger partial charge >= 0.3 is 5.97 Å². The Hall–Kier alpha value is -2.37. The van der Waals surface area contributed by atoms with Crippen LogP contribution in [0.2, 0.25) is 0 Å². The fourth-order valence-corrected chi connectivity index (χ4v) is 2.42. The van der Waals surface area contributed by atoms with Crippen molar-refractivity contribution in [3.63, 3.8) is 0 Å². The molecule has 6 heteroatoms. The van der Waals surface area contributed by atoms with Crippen LogP contribution in [0, 0.1) is 12.8 Å². The molecule has 0 spiro atoms. The fourth-order valence-electron chi connectivity index (χ4n) is 2.42. The number of carboxylic acid groups (broad SMARTS) is 1. The third-order valence-corrected chi connectivity index (χ3v) is 4.13. The second kappa shape index (κ2) is 5.79. The van der Waals surface area contributed by atoms with Gasteiger partial charge in [0.05, 0.1) is 29.2 Å². The molecule has 0 aliphatic carbocycles. The summed E-state index contributed by atoms with van der Waals surface area (Å²) < 4.78 is 0. The maximum Gasteiger partial charge on any atom is 0.305 e. The molecule has 6 nitrogen and oxygen atoms in total. The van der Waals surface area contributed by atoms with Gasteiger partial charge in [-0.15, -0.1) is 0 Å². The number of fused-ring (bicyclic) bond motifs is 1. The van der Waals surface area contributed by atoms with Crippen molar-refractivity contribution < 1.29 is 14.7 Å². The van der Waals surface area contributed by atoms with Crippen LogP contribution in [0.5, 0.6) is 0 Å². The van der Waals surface area contributed by atoms with E-state index in [0.29, 0.717) is 11.1 Å². The van der Waals surface area contributed by atoms with E-state index in [1.165, 1.54) is 0 Å². The third-order valence-electron chi connectivity index (χ3n) is 4.13. The molecule has 0 saturated heterocycles. The Kier molecular flexibility index (Phi) is 4.21. The van der Waals surface area contributed by atoms with Crippen molar-refractivity contribution in [3.05, 3.63) is 29.5 Å². The molecule has 0 aliphatic rings. The lowest BCUT2D eigenvalue weighted by molar-refractivity contribution is -0.138. The van der Waals surface area contributed by atoms with Gasteiger partial charge in [0.15, 0.2) is 0 Å². The van der Waals surface area contributed by atoms with Gasteiger partial charge in [-0.25, -0.2) is 0 Å². The Balaban J connectivity index is 2.37. The summed E-state index contributed by atoms with van der Waals surface area (Å²) >= 11 is 0. The fraction of sp³-hybridized carbons (Fsp3) is 0.438. The Morgan fingerprint density at radius 2 is 2.09 bits per heavy atom. The third kappa shape index (κ3) is 3.10. The smallest absolute Gasteiger partial charge is 0.305 e. The zero-order chi connectivity index (χ0) is 16.5. The van der Waals surface area contributed by atoms with E-state index in [0.717, 1.165) is 10.9 Å². The monoisotopic (exact) mass is 303 g/mol. The number of hydrogen-bond acceptors (Lipinski definition) is 3. The van der Waals surface area contributed by atoms with Gasteiger partial charge in [-0.2, -0.15) is 5.10 Å². The van der Waals surface area contributed by atoms with Crippen LogP contribution in [0.15, 0.2) is 18.3 Å². The van der Waals surface area contributed by atoms with Crippen molar-refractivity contribution >= 4 is 22.8 Å². The first-order chi connectivity index (χ1) is 10.2. The van der Waals surface area contributed by atoms with Crippen LogP contribution in [0.1, 0.15) is 43.1 Å². The molecule has 22 heavy (non-hydrogen) atoms. The standard InChI is InChI=1S/C16H21N3O3/c1-9(2)16(4,7-13(20)21)18-15(22)12-6-10(3)5-11-8-17-19-14(11)12/h5-6,8-9H,7H2,1-4H3,(H,17,19)(H,18,22)(H,20,21). The van der Waals surface area contributed by atoms with Gasteiger partial charge in [0, 0.05) is 5.39 Å². The van der Waals surface area contributed by atoms with Crippen molar-refractivity contribution in [3.8, 4) is 0 Å². The molecule has 1 atom stereocenters. The van der Waals surface area contributed by atoms with Crippen LogP contribution in [0.3, 0.4) is 0 Å². The Morgan fingerprint density at radius 1 is 1.41 bits per heavy atom. The van der Waals surface area contributed by atoms with Crippen LogP contribution in [0.25, 0.3) is 10.9 Å². The van der Waals surface area contributed by atoms with Gasteiger partial charge in [-0.1, -0.05) is 13.8 Å². The molecule has 0 fully saturated rings. The molecule has 0 aliphatic heterocycles. The van der Waals surface area contributed by atoms with Gasteiger partial charge in [0.2, 0.25) is 0 Å². The number of nitrogens with zero attached hydrogens (tertiary/aromatic N) is 1. The molecule has 1 unspecified atom stereocenters. The molecule has 1 amide bonds. The number of aromatic nitrogens is 2. The molecule has 3 N–H and O–H groups in total. The van der Waals surface area contributed by atoms with E-state index in [1.54, 1.807) is 19.2 Å². The van der Waals surface area contributed by atoms with Crippen LogP contribution in [0.4, 0.5) is 0 Å². The number of carbonyl (C=O) groups excluding carboxylic acids is 1. The van der Waals surface area contributed by atoms with Gasteiger partial charge in [-0.3, -0.25) is 14.7 Å². The quantitative estimate of drug-likeness (QED) is 0.790. The highest BCUT2D eigenvalue weighted by Crippen LogP contribution is 2.24. The van der Waals surface area contributed by atoms with E-state index in [-0.39, 0.29) is 18.2 Å². The zero-order valence-electron chi connectivity index (χ0n) is 13.2. The topological polar surface area (TPSA) is 95.1 Å². The maximum atomic E-state index is 12.7. The van der Waals surface area contributed by atoms with Gasteiger partial charge < -0.3 is 10.4 Å². The number of aromatic amines is 1. The van der Waals surface area contributed by atoms with Crippen molar-refractivity contribution in [2.24, 2.45) is 5.92 Å². The summed E-state index contributed by atoms with van der Waals surface area (Å²) in [5, 5.41) is 19.6. The normalized spacial score (nSPS) is 14.0. The minimum atomic E-state index is -0.938. The van der Waals surface area contributed by atoms with Crippen molar-refractivity contribution in [2.75, 3.05) is 0 Å².